The molecule has 0 aromatic carbocycles. The van der Waals surface area contributed by atoms with Gasteiger partial charge in [-0.15, -0.1) is 0 Å². The highest BCUT2D eigenvalue weighted by Crippen LogP contribution is 2.17. The first-order chi connectivity index (χ1) is 7.62. The molecule has 0 aromatic rings. The third-order valence-corrected chi connectivity index (χ3v) is 2.94. The maximum atomic E-state index is 8.84. The van der Waals surface area contributed by atoms with Gasteiger partial charge in [0.2, 0.25) is 0 Å². The second-order valence-electron chi connectivity index (χ2n) is 5.26. The monoisotopic (exact) mass is 224 g/mol. The van der Waals surface area contributed by atoms with E-state index in [2.05, 4.69) is 18.3 Å². The number of nitrogens with zero attached hydrogens (tertiary/aromatic N) is 1. The minimum Gasteiger partial charge on any atom is -0.317 e. The smallest absolute Gasteiger partial charge is 0.0684 e. The summed E-state index contributed by atoms with van der Waals surface area (Å²) >= 11 is 0. The van der Waals surface area contributed by atoms with E-state index >= 15 is 0 Å². The minimum atomic E-state index is -0.172. The fourth-order valence-corrected chi connectivity index (χ4v) is 1.61. The number of hydrogen-bond acceptors (Lipinski definition) is 2. The van der Waals surface area contributed by atoms with E-state index in [0.717, 1.165) is 19.5 Å². The molecule has 0 spiro atoms. The lowest BCUT2D eigenvalue weighted by molar-refractivity contribution is 0.429. The van der Waals surface area contributed by atoms with Gasteiger partial charge in [-0.05, 0) is 39.8 Å². The van der Waals surface area contributed by atoms with Crippen molar-refractivity contribution in [2.75, 3.05) is 13.1 Å². The van der Waals surface area contributed by atoms with Gasteiger partial charge in [0.15, 0.2) is 0 Å². The van der Waals surface area contributed by atoms with E-state index in [0.29, 0.717) is 0 Å². The molecule has 0 saturated heterocycles. The number of hydrogen-bond donors (Lipinski definition) is 1. The second-order valence-corrected chi connectivity index (χ2v) is 5.26. The van der Waals surface area contributed by atoms with Crippen LogP contribution < -0.4 is 5.32 Å². The Kier molecular flexibility index (Phi) is 9.33. The van der Waals surface area contributed by atoms with E-state index in [4.69, 9.17) is 5.26 Å². The Morgan fingerprint density at radius 1 is 1.00 bits per heavy atom. The zero-order chi connectivity index (χ0) is 12.3. The van der Waals surface area contributed by atoms with E-state index in [1.54, 1.807) is 0 Å². The van der Waals surface area contributed by atoms with Gasteiger partial charge in [-0.1, -0.05) is 39.0 Å². The predicted octanol–water partition coefficient (Wildman–Crippen LogP) is 3.88. The maximum Gasteiger partial charge on any atom is 0.0684 e. The number of unbranched alkanes of at least 4 members (excludes halogenated alkanes) is 5. The van der Waals surface area contributed by atoms with Gasteiger partial charge in [0, 0.05) is 0 Å². The van der Waals surface area contributed by atoms with Gasteiger partial charge in [-0.3, -0.25) is 0 Å². The predicted molar refractivity (Wildman–Crippen MR) is 70.3 cm³/mol. The summed E-state index contributed by atoms with van der Waals surface area (Å²) in [6, 6.07) is 2.33. The summed E-state index contributed by atoms with van der Waals surface area (Å²) in [5.74, 6) is 0. The van der Waals surface area contributed by atoms with Crippen LogP contribution in [-0.2, 0) is 0 Å². The topological polar surface area (TPSA) is 35.8 Å². The molecule has 0 aliphatic rings. The zero-order valence-electron chi connectivity index (χ0n) is 11.3. The van der Waals surface area contributed by atoms with Crippen LogP contribution >= 0.6 is 0 Å². The van der Waals surface area contributed by atoms with Crippen LogP contribution in [0.1, 0.15) is 65.7 Å². The molecule has 0 amide bonds. The SMILES string of the molecule is CCCCCCCCNCCC(C)(C)C#N. The highest BCUT2D eigenvalue weighted by molar-refractivity contribution is 4.91. The van der Waals surface area contributed by atoms with Crippen LogP contribution in [0.25, 0.3) is 0 Å². The Morgan fingerprint density at radius 2 is 1.62 bits per heavy atom. The standard InChI is InChI=1S/C14H28N2/c1-4-5-6-7-8-9-11-16-12-10-14(2,3)13-15/h16H,4-12H2,1-3H3. The average molecular weight is 224 g/mol. The summed E-state index contributed by atoms with van der Waals surface area (Å²) in [6.45, 7) is 8.32. The molecule has 2 heteroatoms. The van der Waals surface area contributed by atoms with Crippen LogP contribution in [0.5, 0.6) is 0 Å². The summed E-state index contributed by atoms with van der Waals surface area (Å²) in [4.78, 5) is 0. The van der Waals surface area contributed by atoms with E-state index in [9.17, 15) is 0 Å². The molecule has 0 fully saturated rings. The minimum absolute atomic E-state index is 0.172. The molecule has 0 radical (unpaired) electrons. The fraction of sp³-hybridized carbons (Fsp3) is 0.929. The van der Waals surface area contributed by atoms with Gasteiger partial charge in [-0.25, -0.2) is 0 Å². The molecule has 94 valence electrons. The van der Waals surface area contributed by atoms with Crippen molar-refractivity contribution >= 4 is 0 Å². The van der Waals surface area contributed by atoms with Gasteiger partial charge in [-0.2, -0.15) is 5.26 Å². The Bertz CT molecular complexity index is 191. The second kappa shape index (κ2) is 9.66. The number of nitrogens with one attached hydrogen (secondary N) is 1. The summed E-state index contributed by atoms with van der Waals surface area (Å²) in [5, 5.41) is 12.3. The van der Waals surface area contributed by atoms with Crippen molar-refractivity contribution < 1.29 is 0 Å². The van der Waals surface area contributed by atoms with Crippen LogP contribution in [0.3, 0.4) is 0 Å². The lowest BCUT2D eigenvalue weighted by Gasteiger charge is -2.14. The van der Waals surface area contributed by atoms with Crippen molar-refractivity contribution in [2.45, 2.75) is 65.7 Å². The van der Waals surface area contributed by atoms with Gasteiger partial charge in [0.25, 0.3) is 0 Å². The first-order valence-corrected chi connectivity index (χ1v) is 6.74. The van der Waals surface area contributed by atoms with E-state index in [1.165, 1.54) is 38.5 Å². The first kappa shape index (κ1) is 15.4. The average Bonchev–Trinajstić information content (AvgIpc) is 2.27. The first-order valence-electron chi connectivity index (χ1n) is 6.74. The molecule has 0 atom stereocenters. The quantitative estimate of drug-likeness (QED) is 0.572. The molecular formula is C14H28N2. The van der Waals surface area contributed by atoms with Gasteiger partial charge >= 0.3 is 0 Å². The van der Waals surface area contributed by atoms with Gasteiger partial charge in [0.1, 0.15) is 0 Å². The molecule has 0 bridgehead atoms. The third kappa shape index (κ3) is 9.98. The molecule has 0 unspecified atom stereocenters. The van der Waals surface area contributed by atoms with Crippen LogP contribution in [0.4, 0.5) is 0 Å². The normalized spacial score (nSPS) is 11.4. The van der Waals surface area contributed by atoms with E-state index < -0.39 is 0 Å². The Balaban J connectivity index is 3.14. The van der Waals surface area contributed by atoms with Crippen LogP contribution in [0.15, 0.2) is 0 Å². The molecule has 0 aliphatic carbocycles. The zero-order valence-corrected chi connectivity index (χ0v) is 11.3. The van der Waals surface area contributed by atoms with E-state index in [1.807, 2.05) is 13.8 Å². The highest BCUT2D eigenvalue weighted by Gasteiger charge is 2.14. The Morgan fingerprint density at radius 3 is 2.25 bits per heavy atom. The van der Waals surface area contributed by atoms with Crippen molar-refractivity contribution in [3.8, 4) is 6.07 Å². The van der Waals surface area contributed by atoms with Gasteiger partial charge < -0.3 is 5.32 Å². The lowest BCUT2D eigenvalue weighted by Crippen LogP contribution is -2.22. The molecule has 0 rings (SSSR count). The van der Waals surface area contributed by atoms with Gasteiger partial charge in [0.05, 0.1) is 11.5 Å². The molecular weight excluding hydrogens is 196 g/mol. The summed E-state index contributed by atoms with van der Waals surface area (Å²) < 4.78 is 0. The molecule has 0 saturated carbocycles. The molecule has 0 aliphatic heterocycles. The van der Waals surface area contributed by atoms with Crippen molar-refractivity contribution in [3.63, 3.8) is 0 Å². The van der Waals surface area contributed by atoms with E-state index in [-0.39, 0.29) is 5.41 Å². The highest BCUT2D eigenvalue weighted by atomic mass is 14.8. The Labute approximate surface area is 101 Å². The maximum absolute atomic E-state index is 8.84. The molecule has 2 nitrogen and oxygen atoms in total. The molecule has 0 heterocycles. The van der Waals surface area contributed by atoms with Crippen molar-refractivity contribution in [2.24, 2.45) is 5.41 Å². The third-order valence-electron chi connectivity index (χ3n) is 2.94. The summed E-state index contributed by atoms with van der Waals surface area (Å²) in [5.41, 5.74) is -0.172. The van der Waals surface area contributed by atoms with Crippen molar-refractivity contribution in [1.29, 1.82) is 5.26 Å². The molecule has 16 heavy (non-hydrogen) atoms. The van der Waals surface area contributed by atoms with Crippen LogP contribution in [0.2, 0.25) is 0 Å². The van der Waals surface area contributed by atoms with Crippen LogP contribution in [-0.4, -0.2) is 13.1 Å². The molecule has 1 N–H and O–H groups in total. The summed E-state index contributed by atoms with van der Waals surface area (Å²) in [6.07, 6.45) is 9.02. The summed E-state index contributed by atoms with van der Waals surface area (Å²) in [7, 11) is 0. The largest absolute Gasteiger partial charge is 0.317 e. The fourth-order valence-electron chi connectivity index (χ4n) is 1.61. The van der Waals surface area contributed by atoms with Crippen molar-refractivity contribution in [1.82, 2.24) is 5.32 Å². The number of nitriles is 1. The lowest BCUT2D eigenvalue weighted by atomic mass is 9.91. The van der Waals surface area contributed by atoms with Crippen LogP contribution in [0, 0.1) is 16.7 Å². The Hall–Kier alpha value is -0.550. The number of rotatable bonds is 10. The van der Waals surface area contributed by atoms with Crippen molar-refractivity contribution in [3.05, 3.63) is 0 Å². The molecule has 0 aromatic heterocycles.